The van der Waals surface area contributed by atoms with Crippen molar-refractivity contribution in [2.24, 2.45) is 0 Å². The zero-order valence-electron chi connectivity index (χ0n) is 11.4. The summed E-state index contributed by atoms with van der Waals surface area (Å²) in [6, 6.07) is 4.43. The number of fused-ring (bicyclic) bond motifs is 1. The van der Waals surface area contributed by atoms with Gasteiger partial charge in [-0.25, -0.2) is 0 Å². The van der Waals surface area contributed by atoms with E-state index < -0.39 is 0 Å². The van der Waals surface area contributed by atoms with Crippen LogP contribution in [0.15, 0.2) is 12.1 Å². The van der Waals surface area contributed by atoms with E-state index in [-0.39, 0.29) is 0 Å². The lowest BCUT2D eigenvalue weighted by Gasteiger charge is -2.27. The van der Waals surface area contributed by atoms with Crippen LogP contribution in [-0.4, -0.2) is 32.9 Å². The molecule has 4 nitrogen and oxygen atoms in total. The van der Waals surface area contributed by atoms with Gasteiger partial charge in [0, 0.05) is 11.6 Å². The van der Waals surface area contributed by atoms with E-state index in [1.54, 1.807) is 7.11 Å². The molecule has 0 spiro atoms. The number of benzene rings is 1. The molecule has 104 valence electrons. The molecule has 0 radical (unpaired) electrons. The Morgan fingerprint density at radius 2 is 2.16 bits per heavy atom. The van der Waals surface area contributed by atoms with Crippen molar-refractivity contribution in [3.05, 3.63) is 17.7 Å². The van der Waals surface area contributed by atoms with Crippen molar-refractivity contribution < 1.29 is 14.2 Å². The van der Waals surface area contributed by atoms with Gasteiger partial charge in [0.15, 0.2) is 11.5 Å². The lowest BCUT2D eigenvalue weighted by atomic mass is 9.96. The molecule has 4 heteroatoms. The van der Waals surface area contributed by atoms with Crippen LogP contribution >= 0.6 is 0 Å². The van der Waals surface area contributed by atoms with Crippen LogP contribution in [0.25, 0.3) is 0 Å². The third-order valence-electron chi connectivity index (χ3n) is 3.85. The standard InChI is InChI=1S/C15H21NO3/c1-17-13-5-6-14-15(19-9-8-18-14)12(13)10-11-4-2-3-7-16-11/h5-6,11,16H,2-4,7-10H2,1H3. The lowest BCUT2D eigenvalue weighted by molar-refractivity contribution is 0.168. The van der Waals surface area contributed by atoms with Crippen LogP contribution in [0.5, 0.6) is 17.2 Å². The molecule has 2 aliphatic heterocycles. The van der Waals surface area contributed by atoms with Crippen LogP contribution in [0, 0.1) is 0 Å². The highest BCUT2D eigenvalue weighted by Gasteiger charge is 2.23. The first kappa shape index (κ1) is 12.6. The Kier molecular flexibility index (Phi) is 3.78. The normalized spacial score (nSPS) is 22.1. The highest BCUT2D eigenvalue weighted by molar-refractivity contribution is 5.54. The van der Waals surface area contributed by atoms with Gasteiger partial charge < -0.3 is 19.5 Å². The van der Waals surface area contributed by atoms with Crippen molar-refractivity contribution in [3.63, 3.8) is 0 Å². The molecule has 2 heterocycles. The molecule has 0 aromatic heterocycles. The van der Waals surface area contributed by atoms with Gasteiger partial charge in [-0.05, 0) is 37.9 Å². The zero-order chi connectivity index (χ0) is 13.1. The first-order valence-electron chi connectivity index (χ1n) is 7.07. The number of ether oxygens (including phenoxy) is 3. The maximum atomic E-state index is 5.81. The molecule has 1 unspecified atom stereocenters. The van der Waals surface area contributed by atoms with Crippen molar-refractivity contribution in [3.8, 4) is 17.2 Å². The first-order valence-corrected chi connectivity index (χ1v) is 7.07. The van der Waals surface area contributed by atoms with E-state index in [2.05, 4.69) is 5.32 Å². The van der Waals surface area contributed by atoms with E-state index in [1.165, 1.54) is 19.3 Å². The van der Waals surface area contributed by atoms with Gasteiger partial charge in [-0.1, -0.05) is 6.42 Å². The predicted molar refractivity (Wildman–Crippen MR) is 73.3 cm³/mol. The second-order valence-electron chi connectivity index (χ2n) is 5.12. The summed E-state index contributed by atoms with van der Waals surface area (Å²) in [5, 5.41) is 3.57. The molecule has 0 bridgehead atoms. The van der Waals surface area contributed by atoms with Crippen LogP contribution in [0.4, 0.5) is 0 Å². The molecule has 1 fully saturated rings. The minimum Gasteiger partial charge on any atom is -0.496 e. The molecule has 3 rings (SSSR count). The first-order chi connectivity index (χ1) is 9.38. The summed E-state index contributed by atoms with van der Waals surface area (Å²) in [4.78, 5) is 0. The van der Waals surface area contributed by atoms with Crippen molar-refractivity contribution in [1.82, 2.24) is 5.32 Å². The second-order valence-corrected chi connectivity index (χ2v) is 5.12. The molecule has 1 saturated heterocycles. The lowest BCUT2D eigenvalue weighted by Crippen LogP contribution is -2.36. The summed E-state index contributed by atoms with van der Waals surface area (Å²) in [7, 11) is 1.71. The molecule has 1 aromatic carbocycles. The van der Waals surface area contributed by atoms with Crippen LogP contribution in [0.1, 0.15) is 24.8 Å². The smallest absolute Gasteiger partial charge is 0.168 e. The van der Waals surface area contributed by atoms with Gasteiger partial charge in [0.25, 0.3) is 0 Å². The van der Waals surface area contributed by atoms with E-state index in [0.29, 0.717) is 19.3 Å². The minimum absolute atomic E-state index is 0.514. The van der Waals surface area contributed by atoms with Gasteiger partial charge in [-0.3, -0.25) is 0 Å². The van der Waals surface area contributed by atoms with E-state index in [1.807, 2.05) is 12.1 Å². The Bertz CT molecular complexity index is 441. The molecular formula is C15H21NO3. The zero-order valence-corrected chi connectivity index (χ0v) is 11.4. The number of nitrogens with one attached hydrogen (secondary N) is 1. The minimum atomic E-state index is 0.514. The van der Waals surface area contributed by atoms with Gasteiger partial charge in [0.2, 0.25) is 0 Å². The van der Waals surface area contributed by atoms with Gasteiger partial charge in [0.1, 0.15) is 19.0 Å². The molecule has 1 N–H and O–H groups in total. The van der Waals surface area contributed by atoms with Crippen LogP contribution in [0.2, 0.25) is 0 Å². The number of hydrogen-bond acceptors (Lipinski definition) is 4. The average Bonchev–Trinajstić information content (AvgIpc) is 2.49. The summed E-state index contributed by atoms with van der Waals surface area (Å²) in [6.07, 6.45) is 4.73. The van der Waals surface area contributed by atoms with Crippen LogP contribution in [0.3, 0.4) is 0 Å². The number of piperidine rings is 1. The summed E-state index contributed by atoms with van der Waals surface area (Å²) < 4.78 is 16.9. The van der Waals surface area contributed by atoms with E-state index in [4.69, 9.17) is 14.2 Å². The van der Waals surface area contributed by atoms with Crippen LogP contribution in [-0.2, 0) is 6.42 Å². The summed E-state index contributed by atoms with van der Waals surface area (Å²) >= 11 is 0. The van der Waals surface area contributed by atoms with Crippen molar-refractivity contribution in [1.29, 1.82) is 0 Å². The average molecular weight is 263 g/mol. The van der Waals surface area contributed by atoms with Gasteiger partial charge >= 0.3 is 0 Å². The molecule has 0 amide bonds. The highest BCUT2D eigenvalue weighted by Crippen LogP contribution is 2.40. The topological polar surface area (TPSA) is 39.7 Å². The Hall–Kier alpha value is -1.42. The summed E-state index contributed by atoms with van der Waals surface area (Å²) in [6.45, 7) is 2.35. The Morgan fingerprint density at radius 3 is 2.95 bits per heavy atom. The number of methoxy groups -OCH3 is 1. The fourth-order valence-corrected chi connectivity index (χ4v) is 2.88. The molecule has 1 aromatic rings. The molecule has 0 saturated carbocycles. The largest absolute Gasteiger partial charge is 0.496 e. The third kappa shape index (κ3) is 2.63. The fourth-order valence-electron chi connectivity index (χ4n) is 2.88. The van der Waals surface area contributed by atoms with Crippen LogP contribution < -0.4 is 19.5 Å². The molecular weight excluding hydrogens is 242 g/mol. The fraction of sp³-hybridized carbons (Fsp3) is 0.600. The van der Waals surface area contributed by atoms with E-state index in [9.17, 15) is 0 Å². The molecule has 1 atom stereocenters. The van der Waals surface area contributed by atoms with E-state index >= 15 is 0 Å². The Labute approximate surface area is 114 Å². The SMILES string of the molecule is COc1ccc2c(c1CC1CCCCN1)OCCO2. The summed E-state index contributed by atoms with van der Waals surface area (Å²) in [5.41, 5.74) is 1.14. The number of hydrogen-bond donors (Lipinski definition) is 1. The maximum absolute atomic E-state index is 5.81. The Balaban J connectivity index is 1.88. The van der Waals surface area contributed by atoms with Crippen molar-refractivity contribution >= 4 is 0 Å². The maximum Gasteiger partial charge on any atom is 0.168 e. The summed E-state index contributed by atoms with van der Waals surface area (Å²) in [5.74, 6) is 2.62. The highest BCUT2D eigenvalue weighted by atomic mass is 16.6. The van der Waals surface area contributed by atoms with Gasteiger partial charge in [-0.2, -0.15) is 0 Å². The quantitative estimate of drug-likeness (QED) is 0.907. The van der Waals surface area contributed by atoms with Gasteiger partial charge in [0.05, 0.1) is 7.11 Å². The van der Waals surface area contributed by atoms with Gasteiger partial charge in [-0.15, -0.1) is 0 Å². The van der Waals surface area contributed by atoms with Crippen molar-refractivity contribution in [2.75, 3.05) is 26.9 Å². The third-order valence-corrected chi connectivity index (χ3v) is 3.85. The second kappa shape index (κ2) is 5.70. The van der Waals surface area contributed by atoms with Crippen molar-refractivity contribution in [2.45, 2.75) is 31.7 Å². The molecule has 0 aliphatic carbocycles. The number of rotatable bonds is 3. The molecule has 2 aliphatic rings. The molecule has 19 heavy (non-hydrogen) atoms. The predicted octanol–water partition coefficient (Wildman–Crippen LogP) is 2.15. The Morgan fingerprint density at radius 1 is 1.26 bits per heavy atom. The van der Waals surface area contributed by atoms with E-state index in [0.717, 1.165) is 35.8 Å². The monoisotopic (exact) mass is 263 g/mol.